The van der Waals surface area contributed by atoms with E-state index in [0.29, 0.717) is 0 Å². The van der Waals surface area contributed by atoms with Crippen LogP contribution in [0.2, 0.25) is 0 Å². The summed E-state index contributed by atoms with van der Waals surface area (Å²) in [6, 6.07) is 5.91. The normalized spacial score (nSPS) is 13.8. The van der Waals surface area contributed by atoms with Crippen LogP contribution in [0.25, 0.3) is 5.57 Å². The van der Waals surface area contributed by atoms with E-state index >= 15 is 0 Å². The van der Waals surface area contributed by atoms with Crippen molar-refractivity contribution in [2.24, 2.45) is 0 Å². The van der Waals surface area contributed by atoms with Gasteiger partial charge in [-0.25, -0.2) is 0 Å². The van der Waals surface area contributed by atoms with Crippen molar-refractivity contribution in [3.05, 3.63) is 41.5 Å². The molecule has 0 bridgehead atoms. The molecule has 1 unspecified atom stereocenters. The third-order valence-electron chi connectivity index (χ3n) is 2.44. The second-order valence-corrected chi connectivity index (χ2v) is 4.85. The van der Waals surface area contributed by atoms with Crippen LogP contribution in [0.5, 0.6) is 0 Å². The fourth-order valence-electron chi connectivity index (χ4n) is 1.25. The molecule has 0 spiro atoms. The standard InChI is InChI=1S/C12H14F2OP/c1-4-9(2)10-5-7-11(8-6-10)12(13,14)16(3)15/h4-8,15H,3H2,1-2H3/q+1/b9-4+. The number of halogens is 2. The first kappa shape index (κ1) is 13.0. The van der Waals surface area contributed by atoms with E-state index in [2.05, 4.69) is 6.30 Å². The zero-order valence-electron chi connectivity index (χ0n) is 9.24. The minimum atomic E-state index is -3.24. The first-order valence-corrected chi connectivity index (χ1v) is 6.28. The van der Waals surface area contributed by atoms with Gasteiger partial charge in [0.15, 0.2) is 0 Å². The van der Waals surface area contributed by atoms with Crippen LogP contribution in [0, 0.1) is 0 Å². The van der Waals surface area contributed by atoms with Crippen molar-refractivity contribution < 1.29 is 13.7 Å². The summed E-state index contributed by atoms with van der Waals surface area (Å²) in [7, 11) is -2.55. The molecule has 0 heterocycles. The molecule has 0 saturated carbocycles. The Kier molecular flexibility index (Phi) is 3.95. The van der Waals surface area contributed by atoms with E-state index in [1.165, 1.54) is 12.1 Å². The summed E-state index contributed by atoms with van der Waals surface area (Å²) in [6.07, 6.45) is 4.93. The minimum absolute atomic E-state index is 0.191. The van der Waals surface area contributed by atoms with Crippen LogP contribution in [0.1, 0.15) is 25.0 Å². The van der Waals surface area contributed by atoms with E-state index in [1.54, 1.807) is 12.1 Å². The van der Waals surface area contributed by atoms with Crippen molar-refractivity contribution in [3.8, 4) is 0 Å². The number of benzene rings is 1. The monoisotopic (exact) mass is 243 g/mol. The van der Waals surface area contributed by atoms with E-state index in [0.717, 1.165) is 11.1 Å². The van der Waals surface area contributed by atoms with Gasteiger partial charge in [0.05, 0.1) is 5.56 Å². The molecule has 0 aliphatic carbocycles. The fraction of sp³-hybridized carbons (Fsp3) is 0.250. The molecule has 0 saturated heterocycles. The Morgan fingerprint density at radius 2 is 1.88 bits per heavy atom. The van der Waals surface area contributed by atoms with Crippen LogP contribution < -0.4 is 0 Å². The number of allylic oxidation sites excluding steroid dienone is 2. The summed E-state index contributed by atoms with van der Waals surface area (Å²) < 4.78 is 26.8. The zero-order valence-corrected chi connectivity index (χ0v) is 10.1. The van der Waals surface area contributed by atoms with Crippen molar-refractivity contribution in [1.82, 2.24) is 0 Å². The van der Waals surface area contributed by atoms with E-state index in [4.69, 9.17) is 4.89 Å². The van der Waals surface area contributed by atoms with Gasteiger partial charge in [-0.1, -0.05) is 18.2 Å². The predicted octanol–water partition coefficient (Wildman–Crippen LogP) is 3.98. The lowest BCUT2D eigenvalue weighted by molar-refractivity contribution is 0.0908. The highest BCUT2D eigenvalue weighted by atomic mass is 31.1. The maximum absolute atomic E-state index is 13.4. The highest BCUT2D eigenvalue weighted by Crippen LogP contribution is 2.46. The smallest absolute Gasteiger partial charge is 0.189 e. The van der Waals surface area contributed by atoms with Crippen molar-refractivity contribution >= 4 is 19.6 Å². The number of hydrogen-bond donors (Lipinski definition) is 1. The van der Waals surface area contributed by atoms with Crippen LogP contribution in [0.15, 0.2) is 30.3 Å². The minimum Gasteiger partial charge on any atom is -0.189 e. The average Bonchev–Trinajstić information content (AvgIpc) is 2.28. The number of rotatable bonds is 3. The van der Waals surface area contributed by atoms with Gasteiger partial charge in [0.25, 0.3) is 0 Å². The lowest BCUT2D eigenvalue weighted by atomic mass is 10.1. The average molecular weight is 243 g/mol. The molecule has 0 fully saturated rings. The Morgan fingerprint density at radius 3 is 2.25 bits per heavy atom. The third-order valence-corrected chi connectivity index (χ3v) is 3.35. The number of alkyl halides is 2. The quantitative estimate of drug-likeness (QED) is 0.796. The molecule has 0 aliphatic heterocycles. The number of hydrogen-bond acceptors (Lipinski definition) is 1. The van der Waals surface area contributed by atoms with Gasteiger partial charge in [0.1, 0.15) is 6.30 Å². The molecule has 1 aromatic rings. The summed E-state index contributed by atoms with van der Waals surface area (Å²) in [6.45, 7) is 3.80. The molecule has 16 heavy (non-hydrogen) atoms. The van der Waals surface area contributed by atoms with Crippen molar-refractivity contribution in [3.63, 3.8) is 0 Å². The van der Waals surface area contributed by atoms with Crippen LogP contribution >= 0.6 is 7.77 Å². The van der Waals surface area contributed by atoms with Crippen LogP contribution in [0.3, 0.4) is 0 Å². The molecular weight excluding hydrogens is 229 g/mol. The predicted molar refractivity (Wildman–Crippen MR) is 65.9 cm³/mol. The fourth-order valence-corrected chi connectivity index (χ4v) is 1.70. The Hall–Kier alpha value is -1.05. The second-order valence-electron chi connectivity index (χ2n) is 3.49. The lowest BCUT2D eigenvalue weighted by Crippen LogP contribution is -2.07. The highest BCUT2D eigenvalue weighted by molar-refractivity contribution is 7.50. The molecular formula is C12H14F2OP+. The van der Waals surface area contributed by atoms with Gasteiger partial charge in [0, 0.05) is 0 Å². The Balaban J connectivity index is 3.09. The van der Waals surface area contributed by atoms with Crippen molar-refractivity contribution in [1.29, 1.82) is 0 Å². The third kappa shape index (κ3) is 2.55. The Labute approximate surface area is 94.9 Å². The van der Waals surface area contributed by atoms with E-state index in [-0.39, 0.29) is 5.56 Å². The molecule has 0 aliphatic rings. The molecule has 0 amide bonds. The van der Waals surface area contributed by atoms with E-state index in [1.807, 2.05) is 19.9 Å². The van der Waals surface area contributed by atoms with Crippen LogP contribution in [0.4, 0.5) is 8.78 Å². The van der Waals surface area contributed by atoms with Gasteiger partial charge in [-0.3, -0.25) is 0 Å². The molecule has 0 radical (unpaired) electrons. The molecule has 0 aromatic heterocycles. The molecule has 1 nitrogen and oxygen atoms in total. The maximum Gasteiger partial charge on any atom is 0.459 e. The topological polar surface area (TPSA) is 20.2 Å². The molecule has 1 rings (SSSR count). The first-order chi connectivity index (χ1) is 7.39. The Morgan fingerprint density at radius 1 is 1.38 bits per heavy atom. The van der Waals surface area contributed by atoms with Gasteiger partial charge in [-0.15, -0.1) is 0 Å². The van der Waals surface area contributed by atoms with Crippen LogP contribution in [-0.2, 0) is 5.66 Å². The molecule has 1 aromatic carbocycles. The van der Waals surface area contributed by atoms with E-state index < -0.39 is 13.4 Å². The first-order valence-electron chi connectivity index (χ1n) is 4.81. The molecule has 86 valence electrons. The van der Waals surface area contributed by atoms with Crippen LogP contribution in [-0.4, -0.2) is 11.2 Å². The van der Waals surface area contributed by atoms with Gasteiger partial charge < -0.3 is 0 Å². The van der Waals surface area contributed by atoms with Gasteiger partial charge in [0.2, 0.25) is 0 Å². The summed E-state index contributed by atoms with van der Waals surface area (Å²) in [4.78, 5) is 8.95. The van der Waals surface area contributed by atoms with Gasteiger partial charge in [-0.05, 0) is 37.1 Å². The van der Waals surface area contributed by atoms with Crippen molar-refractivity contribution in [2.45, 2.75) is 19.5 Å². The van der Waals surface area contributed by atoms with Crippen molar-refractivity contribution in [2.75, 3.05) is 0 Å². The van der Waals surface area contributed by atoms with E-state index in [9.17, 15) is 8.78 Å². The second kappa shape index (κ2) is 4.86. The largest absolute Gasteiger partial charge is 0.459 e. The highest BCUT2D eigenvalue weighted by Gasteiger charge is 2.46. The van der Waals surface area contributed by atoms with Gasteiger partial charge >= 0.3 is 13.4 Å². The molecule has 1 N–H and O–H groups in total. The SMILES string of the molecule is C=[P+](O)C(F)(F)c1ccc(/C(C)=C/C)cc1. The van der Waals surface area contributed by atoms with Gasteiger partial charge in [-0.2, -0.15) is 13.7 Å². The lowest BCUT2D eigenvalue weighted by Gasteiger charge is -2.07. The summed E-state index contributed by atoms with van der Waals surface area (Å²) >= 11 is 0. The summed E-state index contributed by atoms with van der Waals surface area (Å²) in [5, 5.41) is 0. The maximum atomic E-state index is 13.4. The zero-order chi connectivity index (χ0) is 12.3. The molecule has 1 atom stereocenters. The molecule has 4 heteroatoms. The summed E-state index contributed by atoms with van der Waals surface area (Å²) in [5.74, 6) is 0. The summed E-state index contributed by atoms with van der Waals surface area (Å²) in [5.41, 5.74) is -1.51. The Bertz CT molecular complexity index is 421.